The summed E-state index contributed by atoms with van der Waals surface area (Å²) >= 11 is 1.33. The zero-order valence-electron chi connectivity index (χ0n) is 11.4. The van der Waals surface area contributed by atoms with Gasteiger partial charge in [-0.15, -0.1) is 5.10 Å². The van der Waals surface area contributed by atoms with E-state index in [-0.39, 0.29) is 17.4 Å². The van der Waals surface area contributed by atoms with Crippen molar-refractivity contribution in [1.29, 1.82) is 0 Å². The third kappa shape index (κ3) is 3.29. The Labute approximate surface area is 125 Å². The van der Waals surface area contributed by atoms with Crippen LogP contribution in [0.15, 0.2) is 29.4 Å². The molecule has 0 saturated heterocycles. The standard InChI is InChI=1S/C14H15FN4OS/c15-11-7-5-10(6-8-11)13(20)9-21-14-16-17-18-19(14)12-3-1-2-4-12/h5-8,12H,1-4,9H2. The Morgan fingerprint density at radius 2 is 2.00 bits per heavy atom. The molecule has 21 heavy (non-hydrogen) atoms. The summed E-state index contributed by atoms with van der Waals surface area (Å²) in [6, 6.07) is 5.93. The van der Waals surface area contributed by atoms with Gasteiger partial charge in [-0.2, -0.15) is 0 Å². The van der Waals surface area contributed by atoms with Gasteiger partial charge in [-0.1, -0.05) is 24.6 Å². The summed E-state index contributed by atoms with van der Waals surface area (Å²) in [6.45, 7) is 0. The van der Waals surface area contributed by atoms with Crippen LogP contribution in [0, 0.1) is 5.82 Å². The van der Waals surface area contributed by atoms with E-state index in [4.69, 9.17) is 0 Å². The SMILES string of the molecule is O=C(CSc1nnnn1C1CCCC1)c1ccc(F)cc1. The monoisotopic (exact) mass is 306 g/mol. The summed E-state index contributed by atoms with van der Waals surface area (Å²) in [7, 11) is 0. The first kappa shape index (κ1) is 14.2. The number of carbonyl (C=O) groups is 1. The molecule has 3 rings (SSSR count). The van der Waals surface area contributed by atoms with E-state index in [0.29, 0.717) is 16.8 Å². The van der Waals surface area contributed by atoms with Crippen molar-refractivity contribution in [3.8, 4) is 0 Å². The lowest BCUT2D eigenvalue weighted by Gasteiger charge is -2.10. The predicted octanol–water partition coefficient (Wildman–Crippen LogP) is 2.90. The number of ketones is 1. The molecule has 7 heteroatoms. The van der Waals surface area contributed by atoms with Gasteiger partial charge in [-0.25, -0.2) is 9.07 Å². The number of hydrogen-bond acceptors (Lipinski definition) is 5. The van der Waals surface area contributed by atoms with Gasteiger partial charge in [-0.05, 0) is 47.5 Å². The summed E-state index contributed by atoms with van der Waals surface area (Å²) in [5, 5.41) is 12.4. The van der Waals surface area contributed by atoms with E-state index >= 15 is 0 Å². The maximum absolute atomic E-state index is 12.8. The van der Waals surface area contributed by atoms with Gasteiger partial charge < -0.3 is 0 Å². The maximum Gasteiger partial charge on any atom is 0.210 e. The van der Waals surface area contributed by atoms with E-state index < -0.39 is 0 Å². The average Bonchev–Trinajstić information content (AvgIpc) is 3.16. The number of benzene rings is 1. The minimum absolute atomic E-state index is 0.0547. The fourth-order valence-electron chi connectivity index (χ4n) is 2.51. The lowest BCUT2D eigenvalue weighted by molar-refractivity contribution is 0.102. The first-order chi connectivity index (χ1) is 10.2. The van der Waals surface area contributed by atoms with Gasteiger partial charge in [0, 0.05) is 5.56 Å². The fraction of sp³-hybridized carbons (Fsp3) is 0.429. The molecule has 0 aliphatic heterocycles. The van der Waals surface area contributed by atoms with Crippen LogP contribution in [0.2, 0.25) is 0 Å². The van der Waals surface area contributed by atoms with Crippen LogP contribution in [0.5, 0.6) is 0 Å². The van der Waals surface area contributed by atoms with E-state index in [0.717, 1.165) is 12.8 Å². The highest BCUT2D eigenvalue weighted by Gasteiger charge is 2.22. The largest absolute Gasteiger partial charge is 0.293 e. The van der Waals surface area contributed by atoms with Crippen LogP contribution in [-0.2, 0) is 0 Å². The molecular weight excluding hydrogens is 291 g/mol. The Kier molecular flexibility index (Phi) is 4.28. The molecule has 1 aliphatic carbocycles. The van der Waals surface area contributed by atoms with Crippen molar-refractivity contribution >= 4 is 17.5 Å². The Morgan fingerprint density at radius 3 is 2.71 bits per heavy atom. The molecular formula is C14H15FN4OS. The molecule has 2 aromatic rings. The zero-order chi connectivity index (χ0) is 14.7. The predicted molar refractivity (Wildman–Crippen MR) is 76.8 cm³/mol. The summed E-state index contributed by atoms with van der Waals surface area (Å²) in [5.74, 6) is -0.149. The summed E-state index contributed by atoms with van der Waals surface area (Å²) in [4.78, 5) is 12.1. The van der Waals surface area contributed by atoms with E-state index in [1.54, 1.807) is 0 Å². The highest BCUT2D eigenvalue weighted by Crippen LogP contribution is 2.31. The molecule has 0 unspecified atom stereocenters. The molecule has 0 radical (unpaired) electrons. The Hall–Kier alpha value is -1.76. The van der Waals surface area contributed by atoms with Crippen molar-refractivity contribution in [3.05, 3.63) is 35.6 Å². The van der Waals surface area contributed by atoms with Crippen LogP contribution < -0.4 is 0 Å². The highest BCUT2D eigenvalue weighted by molar-refractivity contribution is 7.99. The third-order valence-corrected chi connectivity index (χ3v) is 4.57. The van der Waals surface area contributed by atoms with Crippen molar-refractivity contribution in [1.82, 2.24) is 20.2 Å². The van der Waals surface area contributed by atoms with Crippen molar-refractivity contribution in [3.63, 3.8) is 0 Å². The number of aromatic nitrogens is 4. The summed E-state index contributed by atoms with van der Waals surface area (Å²) in [5.41, 5.74) is 0.504. The first-order valence-electron chi connectivity index (χ1n) is 6.93. The third-order valence-electron chi connectivity index (χ3n) is 3.63. The normalized spacial score (nSPS) is 15.5. The molecule has 1 heterocycles. The van der Waals surface area contributed by atoms with Crippen LogP contribution in [0.1, 0.15) is 42.1 Å². The Balaban J connectivity index is 1.63. The van der Waals surface area contributed by atoms with E-state index in [2.05, 4.69) is 15.5 Å². The molecule has 5 nitrogen and oxygen atoms in total. The van der Waals surface area contributed by atoms with Crippen LogP contribution in [0.25, 0.3) is 0 Å². The van der Waals surface area contributed by atoms with Crippen LogP contribution in [0.3, 0.4) is 0 Å². The number of halogens is 1. The Morgan fingerprint density at radius 1 is 1.29 bits per heavy atom. The molecule has 0 atom stereocenters. The van der Waals surface area contributed by atoms with E-state index in [9.17, 15) is 9.18 Å². The average molecular weight is 306 g/mol. The number of hydrogen-bond donors (Lipinski definition) is 0. The van der Waals surface area contributed by atoms with Gasteiger partial charge in [0.1, 0.15) is 5.82 Å². The molecule has 1 aromatic heterocycles. The lowest BCUT2D eigenvalue weighted by atomic mass is 10.1. The van der Waals surface area contributed by atoms with Gasteiger partial charge in [0.05, 0.1) is 11.8 Å². The van der Waals surface area contributed by atoms with Crippen LogP contribution in [0.4, 0.5) is 4.39 Å². The number of rotatable bonds is 5. The Bertz CT molecular complexity index is 622. The van der Waals surface area contributed by atoms with Crippen molar-refractivity contribution < 1.29 is 9.18 Å². The van der Waals surface area contributed by atoms with Gasteiger partial charge in [-0.3, -0.25) is 4.79 Å². The van der Waals surface area contributed by atoms with Crippen LogP contribution >= 0.6 is 11.8 Å². The second-order valence-corrected chi connectivity index (χ2v) is 6.01. The minimum atomic E-state index is -0.343. The van der Waals surface area contributed by atoms with Gasteiger partial charge in [0.15, 0.2) is 5.78 Å². The van der Waals surface area contributed by atoms with E-state index in [1.807, 2.05) is 4.68 Å². The molecule has 0 spiro atoms. The molecule has 0 amide bonds. The second-order valence-electron chi connectivity index (χ2n) is 5.06. The van der Waals surface area contributed by atoms with E-state index in [1.165, 1.54) is 48.9 Å². The van der Waals surface area contributed by atoms with Crippen LogP contribution in [-0.4, -0.2) is 31.7 Å². The van der Waals surface area contributed by atoms with Crippen molar-refractivity contribution in [2.75, 3.05) is 5.75 Å². The summed E-state index contributed by atoms with van der Waals surface area (Å²) in [6.07, 6.45) is 4.57. The first-order valence-corrected chi connectivity index (χ1v) is 7.92. The zero-order valence-corrected chi connectivity index (χ0v) is 12.2. The molecule has 110 valence electrons. The number of thioether (sulfide) groups is 1. The molecule has 1 aliphatic rings. The number of nitrogens with zero attached hydrogens (tertiary/aromatic N) is 4. The fourth-order valence-corrected chi connectivity index (χ4v) is 3.35. The molecule has 1 fully saturated rings. The molecule has 1 aromatic carbocycles. The maximum atomic E-state index is 12.8. The van der Waals surface area contributed by atoms with Gasteiger partial charge in [0.2, 0.25) is 5.16 Å². The summed E-state index contributed by atoms with van der Waals surface area (Å²) < 4.78 is 14.7. The number of carbonyl (C=O) groups excluding carboxylic acids is 1. The van der Waals surface area contributed by atoms with Gasteiger partial charge in [0.25, 0.3) is 0 Å². The quantitative estimate of drug-likeness (QED) is 0.628. The molecule has 1 saturated carbocycles. The number of tetrazole rings is 1. The van der Waals surface area contributed by atoms with Gasteiger partial charge >= 0.3 is 0 Å². The number of Topliss-reactive ketones (excluding diaryl/α,β-unsaturated/α-hetero) is 1. The van der Waals surface area contributed by atoms with Crippen molar-refractivity contribution in [2.24, 2.45) is 0 Å². The van der Waals surface area contributed by atoms with Crippen molar-refractivity contribution in [2.45, 2.75) is 36.9 Å². The smallest absolute Gasteiger partial charge is 0.210 e. The highest BCUT2D eigenvalue weighted by atomic mass is 32.2. The second kappa shape index (κ2) is 6.34. The topological polar surface area (TPSA) is 60.7 Å². The minimum Gasteiger partial charge on any atom is -0.293 e. The molecule has 0 bridgehead atoms. The molecule has 0 N–H and O–H groups in total. The lowest BCUT2D eigenvalue weighted by Crippen LogP contribution is -2.10.